The molecule has 2 aromatic heterocycles. The third-order valence-corrected chi connectivity index (χ3v) is 6.06. The van der Waals surface area contributed by atoms with Crippen molar-refractivity contribution in [3.63, 3.8) is 0 Å². The van der Waals surface area contributed by atoms with E-state index < -0.39 is 4.92 Å². The number of hydrogen-bond acceptors (Lipinski definition) is 7. The Labute approximate surface area is 220 Å². The molecule has 0 unspecified atom stereocenters. The fourth-order valence-corrected chi connectivity index (χ4v) is 4.13. The second kappa shape index (κ2) is 9.93. The molecule has 10 nitrogen and oxygen atoms in total. The van der Waals surface area contributed by atoms with Crippen molar-refractivity contribution in [2.24, 2.45) is 4.99 Å². The van der Waals surface area contributed by atoms with Crippen LogP contribution in [0.4, 0.5) is 17.3 Å². The smallest absolute Gasteiger partial charge is 0.290 e. The summed E-state index contributed by atoms with van der Waals surface area (Å²) in [6, 6.07) is 14.2. The first-order chi connectivity index (χ1) is 17.1. The Balaban J connectivity index is 2.15. The molecule has 0 saturated carbocycles. The number of anilines is 1. The zero-order valence-electron chi connectivity index (χ0n) is 19.8. The molecule has 0 aliphatic rings. The van der Waals surface area contributed by atoms with E-state index in [-0.39, 0.29) is 22.1 Å². The molecule has 0 N–H and O–H groups in total. The lowest BCUT2D eigenvalue weighted by Crippen LogP contribution is -2.15. The molecule has 0 amide bonds. The van der Waals surface area contributed by atoms with Crippen LogP contribution in [0, 0.1) is 21.4 Å². The van der Waals surface area contributed by atoms with Crippen molar-refractivity contribution >= 4 is 62.1 Å². The van der Waals surface area contributed by atoms with Crippen molar-refractivity contribution in [2.45, 2.75) is 0 Å². The van der Waals surface area contributed by atoms with Crippen molar-refractivity contribution < 1.29 is 4.92 Å². The molecular formula is C24H20BrClN8O2. The number of aliphatic imine (C=N–C) groups is 1. The number of hydrogen-bond donors (Lipinski definition) is 0. The maximum absolute atomic E-state index is 11.5. The number of nitro benzene ring substituents is 1. The predicted molar refractivity (Wildman–Crippen MR) is 145 cm³/mol. The minimum Gasteiger partial charge on any atom is -0.369 e. The lowest BCUT2D eigenvalue weighted by Gasteiger charge is -2.16. The average Bonchev–Trinajstić information content (AvgIpc) is 3.23. The third-order valence-electron chi connectivity index (χ3n) is 5.21. The van der Waals surface area contributed by atoms with Crippen LogP contribution >= 0.6 is 27.5 Å². The number of nitrogens with zero attached hydrogens (tertiary/aromatic N) is 8. The number of nitro groups is 1. The van der Waals surface area contributed by atoms with Crippen LogP contribution in [-0.2, 0) is 0 Å². The molecule has 4 aromatic rings. The molecule has 0 fully saturated rings. The zero-order valence-corrected chi connectivity index (χ0v) is 22.1. The van der Waals surface area contributed by atoms with E-state index in [1.165, 1.54) is 12.1 Å². The van der Waals surface area contributed by atoms with E-state index in [0.29, 0.717) is 28.1 Å². The molecule has 12 heteroatoms. The quantitative estimate of drug-likeness (QED) is 0.129. The fraction of sp³-hybridized carbons (Fsp3) is 0.167. The van der Waals surface area contributed by atoms with Gasteiger partial charge in [0.1, 0.15) is 33.7 Å². The van der Waals surface area contributed by atoms with Gasteiger partial charge in [-0.15, -0.1) is 0 Å². The van der Waals surface area contributed by atoms with Crippen molar-refractivity contribution in [1.82, 2.24) is 19.7 Å². The van der Waals surface area contributed by atoms with Crippen molar-refractivity contribution in [2.75, 3.05) is 33.1 Å². The first-order valence-electron chi connectivity index (χ1n) is 10.6. The number of nitriles is 1. The molecule has 0 aliphatic heterocycles. The van der Waals surface area contributed by atoms with Gasteiger partial charge in [0.05, 0.1) is 22.3 Å². The van der Waals surface area contributed by atoms with E-state index >= 15 is 0 Å². The van der Waals surface area contributed by atoms with Gasteiger partial charge in [-0.1, -0.05) is 39.7 Å². The van der Waals surface area contributed by atoms with Crippen LogP contribution in [0.2, 0.25) is 5.02 Å². The first-order valence-corrected chi connectivity index (χ1v) is 11.7. The van der Waals surface area contributed by atoms with Crippen LogP contribution < -0.4 is 4.90 Å². The molecule has 0 radical (unpaired) electrons. The molecule has 2 aromatic carbocycles. The molecule has 36 heavy (non-hydrogen) atoms. The zero-order chi connectivity index (χ0) is 26.1. The molecule has 182 valence electrons. The van der Waals surface area contributed by atoms with E-state index in [0.717, 1.165) is 10.0 Å². The number of pyridine rings is 1. The highest BCUT2D eigenvalue weighted by molar-refractivity contribution is 9.10. The van der Waals surface area contributed by atoms with Gasteiger partial charge in [-0.25, -0.2) is 14.7 Å². The summed E-state index contributed by atoms with van der Waals surface area (Å²) in [6.07, 6.45) is 1.57. The highest BCUT2D eigenvalue weighted by atomic mass is 79.9. The maximum Gasteiger partial charge on any atom is 0.290 e. The maximum atomic E-state index is 11.5. The molecule has 4 rings (SSSR count). The Hall–Kier alpha value is -4.01. The number of halogens is 2. The van der Waals surface area contributed by atoms with Gasteiger partial charge < -0.3 is 9.80 Å². The predicted octanol–water partition coefficient (Wildman–Crippen LogP) is 5.57. The Kier molecular flexibility index (Phi) is 6.92. The molecule has 0 aliphatic carbocycles. The lowest BCUT2D eigenvalue weighted by molar-refractivity contribution is -0.384. The molecule has 0 atom stereocenters. The van der Waals surface area contributed by atoms with E-state index in [4.69, 9.17) is 21.7 Å². The van der Waals surface area contributed by atoms with Gasteiger partial charge in [0.15, 0.2) is 5.82 Å². The van der Waals surface area contributed by atoms with Crippen LogP contribution in [0.15, 0.2) is 51.9 Å². The minimum absolute atomic E-state index is 0.0158. The van der Waals surface area contributed by atoms with Crippen LogP contribution in [0.1, 0.15) is 5.56 Å². The summed E-state index contributed by atoms with van der Waals surface area (Å²) in [4.78, 5) is 23.7. The van der Waals surface area contributed by atoms with Gasteiger partial charge in [-0.3, -0.25) is 10.1 Å². The topological polar surface area (TPSA) is 116 Å². The summed E-state index contributed by atoms with van der Waals surface area (Å²) in [6.45, 7) is 0. The van der Waals surface area contributed by atoms with Crippen molar-refractivity contribution in [3.8, 4) is 23.0 Å². The second-order valence-electron chi connectivity index (χ2n) is 8.23. The normalized spacial score (nSPS) is 11.1. The van der Waals surface area contributed by atoms with Crippen LogP contribution in [0.25, 0.3) is 27.8 Å². The molecule has 0 spiro atoms. The van der Waals surface area contributed by atoms with Gasteiger partial charge in [0, 0.05) is 44.3 Å². The van der Waals surface area contributed by atoms with Crippen LogP contribution in [0.3, 0.4) is 0 Å². The summed E-state index contributed by atoms with van der Waals surface area (Å²) in [5.41, 5.74) is 2.15. The Bertz CT molecular complexity index is 1560. The molecule has 2 heterocycles. The molecule has 0 saturated heterocycles. The number of fused-ring (bicyclic) bond motifs is 1. The van der Waals surface area contributed by atoms with Gasteiger partial charge >= 0.3 is 0 Å². The summed E-state index contributed by atoms with van der Waals surface area (Å²) in [7, 11) is 7.25. The SMILES string of the molecule is CN(C)/C=N/c1nc(-c2ccc(Br)cc2)c2nn(-c3ccc(Cl)c([N+](=O)[O-])c3)c(N(C)C)c2c1C#N. The highest BCUT2D eigenvalue weighted by Gasteiger charge is 2.26. The second-order valence-corrected chi connectivity index (χ2v) is 9.56. The summed E-state index contributed by atoms with van der Waals surface area (Å²) >= 11 is 9.50. The fourth-order valence-electron chi connectivity index (χ4n) is 3.68. The molecule has 0 bridgehead atoms. The van der Waals surface area contributed by atoms with Gasteiger partial charge in [-0.2, -0.15) is 10.4 Å². The summed E-state index contributed by atoms with van der Waals surface area (Å²) < 4.78 is 2.45. The van der Waals surface area contributed by atoms with Crippen molar-refractivity contribution in [3.05, 3.63) is 67.6 Å². The Morgan fingerprint density at radius 2 is 1.89 bits per heavy atom. The minimum atomic E-state index is -0.548. The van der Waals surface area contributed by atoms with Gasteiger partial charge in [-0.05, 0) is 24.3 Å². The molecular weight excluding hydrogens is 548 g/mol. The standard InChI is InChI=1S/C24H20BrClN8O2/c1-31(2)13-28-23-17(12-27)20-22(21(29-23)14-5-7-15(25)8-6-14)30-33(24(20)32(3)4)16-9-10-18(26)19(11-16)34(35)36/h5-11,13H,1-4H3/b28-13+. The summed E-state index contributed by atoms with van der Waals surface area (Å²) in [5.74, 6) is 0.779. The number of rotatable bonds is 6. The third kappa shape index (κ3) is 4.60. The average molecular weight is 568 g/mol. The largest absolute Gasteiger partial charge is 0.369 e. The lowest BCUT2D eigenvalue weighted by atomic mass is 10.1. The highest BCUT2D eigenvalue weighted by Crippen LogP contribution is 2.40. The van der Waals surface area contributed by atoms with Gasteiger partial charge in [0.2, 0.25) is 0 Å². The Morgan fingerprint density at radius 3 is 2.47 bits per heavy atom. The first kappa shape index (κ1) is 25.1. The van der Waals surface area contributed by atoms with E-state index in [9.17, 15) is 15.4 Å². The number of benzene rings is 2. The summed E-state index contributed by atoms with van der Waals surface area (Å²) in [5, 5.41) is 27.1. The monoisotopic (exact) mass is 566 g/mol. The van der Waals surface area contributed by atoms with Gasteiger partial charge in [0.25, 0.3) is 5.69 Å². The van der Waals surface area contributed by atoms with Crippen LogP contribution in [-0.4, -0.2) is 59.1 Å². The number of aromatic nitrogens is 3. The van der Waals surface area contributed by atoms with Crippen LogP contribution in [0.5, 0.6) is 0 Å². The van der Waals surface area contributed by atoms with E-state index in [2.05, 4.69) is 27.0 Å². The Morgan fingerprint density at radius 1 is 1.19 bits per heavy atom. The van der Waals surface area contributed by atoms with Crippen molar-refractivity contribution in [1.29, 1.82) is 5.26 Å². The van der Waals surface area contributed by atoms with E-state index in [1.54, 1.807) is 41.0 Å². The van der Waals surface area contributed by atoms with E-state index in [1.807, 2.05) is 38.4 Å².